The van der Waals surface area contributed by atoms with Crippen molar-refractivity contribution in [1.82, 2.24) is 15.2 Å². The predicted octanol–water partition coefficient (Wildman–Crippen LogP) is 3.41. The molecule has 122 valence electrons. The summed E-state index contributed by atoms with van der Waals surface area (Å²) in [5.41, 5.74) is 1.86. The fourth-order valence-corrected chi connectivity index (χ4v) is 3.43. The monoisotopic (exact) mass is 330 g/mol. The molecule has 2 heterocycles. The SMILES string of the molecule is CC(C)N1CCC(NC(=O)Nc2ccc(-c3nccs3)cc2)C1. The standard InChI is InChI=1S/C17H22N4OS/c1-12(2)21-9-7-15(11-21)20-17(22)19-14-5-3-13(4-6-14)16-18-8-10-23-16/h3-6,8,10,12,15H,7,9,11H2,1-2H3,(H2,19,20,22). The second kappa shape index (κ2) is 7.10. The molecule has 0 spiro atoms. The first kappa shape index (κ1) is 16.0. The lowest BCUT2D eigenvalue weighted by Crippen LogP contribution is -2.40. The van der Waals surface area contributed by atoms with E-state index < -0.39 is 0 Å². The zero-order valence-electron chi connectivity index (χ0n) is 13.5. The van der Waals surface area contributed by atoms with Gasteiger partial charge >= 0.3 is 6.03 Å². The van der Waals surface area contributed by atoms with Crippen LogP contribution in [0.4, 0.5) is 10.5 Å². The van der Waals surface area contributed by atoms with Gasteiger partial charge in [0.2, 0.25) is 0 Å². The third-order valence-corrected chi connectivity index (χ3v) is 4.93. The Labute approximate surface area is 140 Å². The first-order valence-electron chi connectivity index (χ1n) is 7.93. The van der Waals surface area contributed by atoms with Crippen LogP contribution < -0.4 is 10.6 Å². The average molecular weight is 330 g/mol. The van der Waals surface area contributed by atoms with Gasteiger partial charge in [-0.3, -0.25) is 4.90 Å². The molecule has 0 bridgehead atoms. The Bertz CT molecular complexity index is 639. The van der Waals surface area contributed by atoms with Crippen LogP contribution >= 0.6 is 11.3 Å². The Hall–Kier alpha value is -1.92. The van der Waals surface area contributed by atoms with E-state index in [2.05, 4.69) is 34.4 Å². The fourth-order valence-electron chi connectivity index (χ4n) is 2.79. The Kier molecular flexibility index (Phi) is 4.93. The highest BCUT2D eigenvalue weighted by Crippen LogP contribution is 2.23. The van der Waals surface area contributed by atoms with Crippen LogP contribution in [0.25, 0.3) is 10.6 Å². The van der Waals surface area contributed by atoms with E-state index in [0.717, 1.165) is 35.8 Å². The number of rotatable bonds is 4. The highest BCUT2D eigenvalue weighted by molar-refractivity contribution is 7.13. The zero-order valence-corrected chi connectivity index (χ0v) is 14.3. The Morgan fingerprint density at radius 2 is 2.13 bits per heavy atom. The van der Waals surface area contributed by atoms with E-state index >= 15 is 0 Å². The van der Waals surface area contributed by atoms with E-state index in [1.807, 2.05) is 29.6 Å². The molecule has 1 aromatic carbocycles. The van der Waals surface area contributed by atoms with Crippen molar-refractivity contribution >= 4 is 23.1 Å². The number of amides is 2. The minimum absolute atomic E-state index is 0.136. The van der Waals surface area contributed by atoms with Gasteiger partial charge in [0.1, 0.15) is 5.01 Å². The van der Waals surface area contributed by atoms with Crippen molar-refractivity contribution < 1.29 is 4.79 Å². The van der Waals surface area contributed by atoms with Crippen molar-refractivity contribution in [1.29, 1.82) is 0 Å². The number of carbonyl (C=O) groups is 1. The summed E-state index contributed by atoms with van der Waals surface area (Å²) in [5.74, 6) is 0. The number of hydrogen-bond donors (Lipinski definition) is 2. The highest BCUT2D eigenvalue weighted by atomic mass is 32.1. The van der Waals surface area contributed by atoms with Crippen molar-refractivity contribution in [2.24, 2.45) is 0 Å². The molecule has 3 rings (SSSR count). The van der Waals surface area contributed by atoms with Gasteiger partial charge in [0.05, 0.1) is 0 Å². The number of carbonyl (C=O) groups excluding carboxylic acids is 1. The molecule has 0 aliphatic carbocycles. The van der Waals surface area contributed by atoms with Gasteiger partial charge in [0, 0.05) is 48.0 Å². The topological polar surface area (TPSA) is 57.3 Å². The molecule has 1 saturated heterocycles. The molecular weight excluding hydrogens is 308 g/mol. The quantitative estimate of drug-likeness (QED) is 0.903. The molecular formula is C17H22N4OS. The van der Waals surface area contributed by atoms with Crippen molar-refractivity contribution in [3.8, 4) is 10.6 Å². The van der Waals surface area contributed by atoms with Gasteiger partial charge in [0.15, 0.2) is 0 Å². The number of urea groups is 1. The van der Waals surface area contributed by atoms with Crippen LogP contribution in [0.1, 0.15) is 20.3 Å². The number of nitrogens with zero attached hydrogens (tertiary/aromatic N) is 2. The van der Waals surface area contributed by atoms with Crippen LogP contribution in [-0.4, -0.2) is 41.1 Å². The van der Waals surface area contributed by atoms with Crippen LogP contribution in [0.15, 0.2) is 35.8 Å². The van der Waals surface area contributed by atoms with Gasteiger partial charge in [-0.05, 0) is 44.5 Å². The number of nitrogens with one attached hydrogen (secondary N) is 2. The van der Waals surface area contributed by atoms with Crippen LogP contribution in [0.2, 0.25) is 0 Å². The fraction of sp³-hybridized carbons (Fsp3) is 0.412. The Balaban J connectivity index is 1.52. The van der Waals surface area contributed by atoms with Crippen LogP contribution in [0, 0.1) is 0 Å². The summed E-state index contributed by atoms with van der Waals surface area (Å²) in [6.07, 6.45) is 2.80. The van der Waals surface area contributed by atoms with Crippen LogP contribution in [-0.2, 0) is 0 Å². The molecule has 1 aliphatic heterocycles. The molecule has 5 nitrogen and oxygen atoms in total. The summed E-state index contributed by atoms with van der Waals surface area (Å²) in [6.45, 7) is 6.35. The molecule has 1 aromatic heterocycles. The number of hydrogen-bond acceptors (Lipinski definition) is 4. The van der Waals surface area contributed by atoms with E-state index in [-0.39, 0.29) is 12.1 Å². The summed E-state index contributed by atoms with van der Waals surface area (Å²) in [4.78, 5) is 18.8. The normalized spacial score (nSPS) is 18.3. The summed E-state index contributed by atoms with van der Waals surface area (Å²) in [5, 5.41) is 8.89. The Morgan fingerprint density at radius 1 is 1.35 bits per heavy atom. The van der Waals surface area contributed by atoms with Crippen molar-refractivity contribution in [2.45, 2.75) is 32.4 Å². The first-order valence-corrected chi connectivity index (χ1v) is 8.81. The van der Waals surface area contributed by atoms with E-state index in [4.69, 9.17) is 0 Å². The van der Waals surface area contributed by atoms with E-state index in [1.54, 1.807) is 17.5 Å². The summed E-state index contributed by atoms with van der Waals surface area (Å²) < 4.78 is 0. The minimum atomic E-state index is -0.136. The third kappa shape index (κ3) is 4.09. The van der Waals surface area contributed by atoms with Gasteiger partial charge in [-0.2, -0.15) is 0 Å². The molecule has 1 aliphatic rings. The lowest BCUT2D eigenvalue weighted by atomic mass is 10.2. The maximum Gasteiger partial charge on any atom is 0.319 e. The largest absolute Gasteiger partial charge is 0.334 e. The zero-order chi connectivity index (χ0) is 16.2. The first-order chi connectivity index (χ1) is 11.1. The number of anilines is 1. The number of aromatic nitrogens is 1. The second-order valence-corrected chi connectivity index (χ2v) is 6.98. The van der Waals surface area contributed by atoms with E-state index in [9.17, 15) is 4.79 Å². The van der Waals surface area contributed by atoms with Crippen LogP contribution in [0.5, 0.6) is 0 Å². The molecule has 2 N–H and O–H groups in total. The van der Waals surface area contributed by atoms with E-state index in [0.29, 0.717) is 6.04 Å². The summed E-state index contributed by atoms with van der Waals surface area (Å²) >= 11 is 1.60. The van der Waals surface area contributed by atoms with Crippen LogP contribution in [0.3, 0.4) is 0 Å². The maximum atomic E-state index is 12.1. The molecule has 1 atom stereocenters. The molecule has 1 fully saturated rings. The lowest BCUT2D eigenvalue weighted by Gasteiger charge is -2.20. The van der Waals surface area contributed by atoms with Gasteiger partial charge in [0.25, 0.3) is 0 Å². The van der Waals surface area contributed by atoms with Crippen molar-refractivity contribution in [3.63, 3.8) is 0 Å². The van der Waals surface area contributed by atoms with E-state index in [1.165, 1.54) is 0 Å². The van der Waals surface area contributed by atoms with Crippen molar-refractivity contribution in [3.05, 3.63) is 35.8 Å². The molecule has 2 aromatic rings. The average Bonchev–Trinajstić information content (AvgIpc) is 3.19. The second-order valence-electron chi connectivity index (χ2n) is 6.09. The maximum absolute atomic E-state index is 12.1. The summed E-state index contributed by atoms with van der Waals surface area (Å²) in [7, 11) is 0. The number of benzene rings is 1. The van der Waals surface area contributed by atoms with Gasteiger partial charge in [-0.25, -0.2) is 9.78 Å². The molecule has 23 heavy (non-hydrogen) atoms. The van der Waals surface area contributed by atoms with Crippen molar-refractivity contribution in [2.75, 3.05) is 18.4 Å². The lowest BCUT2D eigenvalue weighted by molar-refractivity contribution is 0.244. The van der Waals surface area contributed by atoms with Gasteiger partial charge in [-0.15, -0.1) is 11.3 Å². The third-order valence-electron chi connectivity index (χ3n) is 4.11. The smallest absolute Gasteiger partial charge is 0.319 e. The minimum Gasteiger partial charge on any atom is -0.334 e. The molecule has 0 radical (unpaired) electrons. The number of thiazole rings is 1. The molecule has 0 saturated carbocycles. The highest BCUT2D eigenvalue weighted by Gasteiger charge is 2.25. The summed E-state index contributed by atoms with van der Waals surface area (Å²) in [6, 6.07) is 8.39. The van der Waals surface area contributed by atoms with Gasteiger partial charge in [-0.1, -0.05) is 0 Å². The predicted molar refractivity (Wildman–Crippen MR) is 94.8 cm³/mol. The van der Waals surface area contributed by atoms with Gasteiger partial charge < -0.3 is 10.6 Å². The molecule has 2 amide bonds. The number of likely N-dealkylation sites (tertiary alicyclic amines) is 1. The Morgan fingerprint density at radius 3 is 2.74 bits per heavy atom. The molecule has 6 heteroatoms. The molecule has 1 unspecified atom stereocenters.